The number of carbonyl (C=O) groups excluding carboxylic acids is 1. The number of hydrogen-bond donors (Lipinski definition) is 3. The van der Waals surface area contributed by atoms with Crippen molar-refractivity contribution < 1.29 is 9.90 Å². The number of aliphatic hydroxyl groups excluding tert-OH is 1. The van der Waals surface area contributed by atoms with Crippen LogP contribution in [0, 0.1) is 0 Å². The second-order valence-electron chi connectivity index (χ2n) is 4.70. The van der Waals surface area contributed by atoms with Crippen LogP contribution in [0.3, 0.4) is 0 Å². The van der Waals surface area contributed by atoms with Gasteiger partial charge in [0.25, 0.3) is 0 Å². The summed E-state index contributed by atoms with van der Waals surface area (Å²) in [6, 6.07) is 5.38. The molecule has 18 heavy (non-hydrogen) atoms. The van der Waals surface area contributed by atoms with Gasteiger partial charge in [0.1, 0.15) is 0 Å². The second kappa shape index (κ2) is 5.27. The van der Waals surface area contributed by atoms with Crippen LogP contribution >= 0.6 is 0 Å². The summed E-state index contributed by atoms with van der Waals surface area (Å²) >= 11 is 0. The number of nitrogens with one attached hydrogen (secondary N) is 2. The Bertz CT molecular complexity index is 448. The first-order chi connectivity index (χ1) is 8.60. The van der Waals surface area contributed by atoms with Crippen LogP contribution in [0.5, 0.6) is 0 Å². The molecular formula is C13H19N3O2. The zero-order valence-electron chi connectivity index (χ0n) is 10.7. The number of anilines is 2. The standard InChI is InChI=1S/C13H19N3O2/c1-9(8-17)14-13(18)15-11-4-3-10-5-6-16(2)12(10)7-11/h3-4,7,9,17H,5-6,8H2,1-2H3,(H2,14,15,18). The summed E-state index contributed by atoms with van der Waals surface area (Å²) in [5, 5.41) is 14.3. The van der Waals surface area contributed by atoms with E-state index in [4.69, 9.17) is 5.11 Å². The zero-order chi connectivity index (χ0) is 13.1. The number of nitrogens with zero attached hydrogens (tertiary/aromatic N) is 1. The van der Waals surface area contributed by atoms with Gasteiger partial charge < -0.3 is 20.6 Å². The van der Waals surface area contributed by atoms with Crippen LogP contribution in [-0.4, -0.2) is 37.4 Å². The zero-order valence-corrected chi connectivity index (χ0v) is 10.7. The van der Waals surface area contributed by atoms with Crippen LogP contribution in [0.1, 0.15) is 12.5 Å². The van der Waals surface area contributed by atoms with Gasteiger partial charge >= 0.3 is 6.03 Å². The number of fused-ring (bicyclic) bond motifs is 1. The number of rotatable bonds is 3. The molecule has 0 bridgehead atoms. The summed E-state index contributed by atoms with van der Waals surface area (Å²) in [7, 11) is 2.05. The Labute approximate surface area is 107 Å². The molecule has 2 amide bonds. The molecule has 1 unspecified atom stereocenters. The first-order valence-electron chi connectivity index (χ1n) is 6.12. The minimum atomic E-state index is -0.294. The van der Waals surface area contributed by atoms with Gasteiger partial charge in [-0.25, -0.2) is 4.79 Å². The molecule has 0 radical (unpaired) electrons. The molecule has 0 saturated carbocycles. The Morgan fingerprint density at radius 1 is 1.56 bits per heavy atom. The van der Waals surface area contributed by atoms with E-state index < -0.39 is 0 Å². The lowest BCUT2D eigenvalue weighted by atomic mass is 10.1. The summed E-state index contributed by atoms with van der Waals surface area (Å²) in [6.07, 6.45) is 1.06. The van der Waals surface area contributed by atoms with Crippen molar-refractivity contribution in [3.8, 4) is 0 Å². The van der Waals surface area contributed by atoms with E-state index in [9.17, 15) is 4.79 Å². The van der Waals surface area contributed by atoms with Gasteiger partial charge in [0.05, 0.1) is 12.6 Å². The van der Waals surface area contributed by atoms with Crippen LogP contribution < -0.4 is 15.5 Å². The van der Waals surface area contributed by atoms with E-state index in [1.54, 1.807) is 6.92 Å². The van der Waals surface area contributed by atoms with Crippen molar-refractivity contribution >= 4 is 17.4 Å². The largest absolute Gasteiger partial charge is 0.394 e. The van der Waals surface area contributed by atoms with E-state index in [-0.39, 0.29) is 18.7 Å². The van der Waals surface area contributed by atoms with Crippen molar-refractivity contribution in [1.82, 2.24) is 5.32 Å². The van der Waals surface area contributed by atoms with E-state index in [0.717, 1.165) is 18.7 Å². The van der Waals surface area contributed by atoms with E-state index >= 15 is 0 Å². The van der Waals surface area contributed by atoms with Crippen LogP contribution in [0.25, 0.3) is 0 Å². The van der Waals surface area contributed by atoms with Gasteiger partial charge in [0.15, 0.2) is 0 Å². The summed E-state index contributed by atoms with van der Waals surface area (Å²) in [5.41, 5.74) is 3.25. The molecule has 2 rings (SSSR count). The van der Waals surface area contributed by atoms with Crippen molar-refractivity contribution in [1.29, 1.82) is 0 Å². The Morgan fingerprint density at radius 2 is 2.33 bits per heavy atom. The third kappa shape index (κ3) is 2.73. The molecule has 3 N–H and O–H groups in total. The van der Waals surface area contributed by atoms with E-state index in [1.807, 2.05) is 25.2 Å². The molecule has 5 heteroatoms. The predicted molar refractivity (Wildman–Crippen MR) is 72.1 cm³/mol. The molecular weight excluding hydrogens is 230 g/mol. The smallest absolute Gasteiger partial charge is 0.319 e. The van der Waals surface area contributed by atoms with Crippen LogP contribution in [0.15, 0.2) is 18.2 Å². The summed E-state index contributed by atoms with van der Waals surface area (Å²) in [6.45, 7) is 2.70. The topological polar surface area (TPSA) is 64.6 Å². The molecule has 0 saturated heterocycles. The highest BCUT2D eigenvalue weighted by Crippen LogP contribution is 2.29. The van der Waals surface area contributed by atoms with E-state index in [2.05, 4.69) is 15.5 Å². The lowest BCUT2D eigenvalue weighted by molar-refractivity contribution is 0.229. The number of likely N-dealkylation sites (N-methyl/N-ethyl adjacent to an activating group) is 1. The number of carbonyl (C=O) groups is 1. The first-order valence-corrected chi connectivity index (χ1v) is 6.12. The van der Waals surface area contributed by atoms with Crippen LogP contribution in [0.2, 0.25) is 0 Å². The number of benzene rings is 1. The molecule has 1 heterocycles. The minimum Gasteiger partial charge on any atom is -0.394 e. The monoisotopic (exact) mass is 249 g/mol. The summed E-state index contributed by atoms with van der Waals surface area (Å²) in [5.74, 6) is 0. The van der Waals surface area contributed by atoms with Crippen molar-refractivity contribution in [2.75, 3.05) is 30.4 Å². The average Bonchev–Trinajstić information content (AvgIpc) is 2.71. The Kier molecular flexibility index (Phi) is 3.72. The molecule has 0 fully saturated rings. The molecule has 0 aromatic heterocycles. The minimum absolute atomic E-state index is 0.0691. The quantitative estimate of drug-likeness (QED) is 0.753. The van der Waals surface area contributed by atoms with Crippen LogP contribution in [0.4, 0.5) is 16.2 Å². The highest BCUT2D eigenvalue weighted by Gasteiger charge is 2.16. The molecule has 98 valence electrons. The molecule has 0 aliphatic carbocycles. The Hall–Kier alpha value is -1.75. The fourth-order valence-electron chi connectivity index (χ4n) is 2.05. The lowest BCUT2D eigenvalue weighted by Crippen LogP contribution is -2.38. The average molecular weight is 249 g/mol. The number of urea groups is 1. The summed E-state index contributed by atoms with van der Waals surface area (Å²) < 4.78 is 0. The fraction of sp³-hybridized carbons (Fsp3) is 0.462. The van der Waals surface area contributed by atoms with E-state index in [0.29, 0.717) is 0 Å². The molecule has 5 nitrogen and oxygen atoms in total. The normalized spacial score (nSPS) is 15.2. The molecule has 0 spiro atoms. The predicted octanol–water partition coefficient (Wildman–Crippen LogP) is 1.18. The second-order valence-corrected chi connectivity index (χ2v) is 4.70. The van der Waals surface area contributed by atoms with Crippen molar-refractivity contribution in [2.24, 2.45) is 0 Å². The van der Waals surface area contributed by atoms with Crippen molar-refractivity contribution in [3.05, 3.63) is 23.8 Å². The lowest BCUT2D eigenvalue weighted by Gasteiger charge is -2.15. The molecule has 1 aromatic carbocycles. The molecule has 1 aromatic rings. The van der Waals surface area contributed by atoms with Gasteiger partial charge in [-0.3, -0.25) is 0 Å². The number of amides is 2. The fourth-order valence-corrected chi connectivity index (χ4v) is 2.05. The maximum absolute atomic E-state index is 11.6. The van der Waals surface area contributed by atoms with Gasteiger partial charge in [0.2, 0.25) is 0 Å². The maximum atomic E-state index is 11.6. The van der Waals surface area contributed by atoms with Gasteiger partial charge in [0, 0.05) is 25.0 Å². The van der Waals surface area contributed by atoms with Gasteiger partial charge in [-0.15, -0.1) is 0 Å². The highest BCUT2D eigenvalue weighted by molar-refractivity contribution is 5.90. The molecule has 1 aliphatic rings. The number of aliphatic hydroxyl groups is 1. The van der Waals surface area contributed by atoms with Crippen LogP contribution in [-0.2, 0) is 6.42 Å². The Morgan fingerprint density at radius 3 is 3.06 bits per heavy atom. The summed E-state index contributed by atoms with van der Waals surface area (Å²) in [4.78, 5) is 13.8. The maximum Gasteiger partial charge on any atom is 0.319 e. The van der Waals surface area contributed by atoms with Gasteiger partial charge in [-0.2, -0.15) is 0 Å². The molecule has 1 aliphatic heterocycles. The van der Waals surface area contributed by atoms with Gasteiger partial charge in [-0.1, -0.05) is 6.07 Å². The highest BCUT2D eigenvalue weighted by atomic mass is 16.3. The Balaban J connectivity index is 2.02. The SMILES string of the molecule is CC(CO)NC(=O)Nc1ccc2c(c1)N(C)CC2. The van der Waals surface area contributed by atoms with Gasteiger partial charge in [-0.05, 0) is 31.0 Å². The van der Waals surface area contributed by atoms with Crippen molar-refractivity contribution in [3.63, 3.8) is 0 Å². The number of hydrogen-bond acceptors (Lipinski definition) is 3. The van der Waals surface area contributed by atoms with Crippen molar-refractivity contribution in [2.45, 2.75) is 19.4 Å². The third-order valence-electron chi connectivity index (χ3n) is 3.12. The van der Waals surface area contributed by atoms with E-state index in [1.165, 1.54) is 11.3 Å². The molecule has 1 atom stereocenters. The third-order valence-corrected chi connectivity index (χ3v) is 3.12. The first kappa shape index (κ1) is 12.7.